The molecule has 0 N–H and O–H groups in total. The zero-order valence-electron chi connectivity index (χ0n) is 12.5. The van der Waals surface area contributed by atoms with E-state index in [9.17, 15) is 0 Å². The second-order valence-electron chi connectivity index (χ2n) is 5.38. The Labute approximate surface area is 122 Å². The average molecular weight is 274 g/mol. The van der Waals surface area contributed by atoms with Crippen LogP contribution in [0.1, 0.15) is 44.6 Å². The van der Waals surface area contributed by atoms with E-state index in [1.54, 1.807) is 0 Å². The maximum absolute atomic E-state index is 5.83. The molecular formula is C18H26O2. The van der Waals surface area contributed by atoms with Crippen LogP contribution < -0.4 is 4.74 Å². The SMILES string of the molecule is CCC/C=C/CCCCc1ccccc1OCC1CO1. The third-order valence-electron chi connectivity index (χ3n) is 3.49. The van der Waals surface area contributed by atoms with Gasteiger partial charge in [-0.25, -0.2) is 0 Å². The number of benzene rings is 1. The normalized spacial score (nSPS) is 17.6. The largest absolute Gasteiger partial charge is 0.491 e. The Kier molecular flexibility index (Phi) is 6.65. The molecule has 1 aliphatic heterocycles. The van der Waals surface area contributed by atoms with Crippen molar-refractivity contribution in [3.05, 3.63) is 42.0 Å². The molecule has 0 radical (unpaired) electrons. The number of aryl methyl sites for hydroxylation is 1. The van der Waals surface area contributed by atoms with Gasteiger partial charge in [-0.05, 0) is 43.7 Å². The molecule has 1 heterocycles. The molecule has 1 atom stereocenters. The van der Waals surface area contributed by atoms with Crippen molar-refractivity contribution >= 4 is 0 Å². The van der Waals surface area contributed by atoms with Crippen LogP contribution in [0.2, 0.25) is 0 Å². The van der Waals surface area contributed by atoms with E-state index in [4.69, 9.17) is 9.47 Å². The van der Waals surface area contributed by atoms with Crippen molar-refractivity contribution < 1.29 is 9.47 Å². The molecule has 1 aromatic carbocycles. The van der Waals surface area contributed by atoms with E-state index in [1.165, 1.54) is 37.7 Å². The van der Waals surface area contributed by atoms with E-state index >= 15 is 0 Å². The third kappa shape index (κ3) is 5.79. The van der Waals surface area contributed by atoms with E-state index in [-0.39, 0.29) is 0 Å². The first-order valence-corrected chi connectivity index (χ1v) is 7.87. The maximum Gasteiger partial charge on any atom is 0.122 e. The molecule has 0 saturated carbocycles. The summed E-state index contributed by atoms with van der Waals surface area (Å²) in [5.41, 5.74) is 1.32. The molecule has 0 spiro atoms. The van der Waals surface area contributed by atoms with Crippen molar-refractivity contribution in [1.82, 2.24) is 0 Å². The number of epoxide rings is 1. The van der Waals surface area contributed by atoms with Gasteiger partial charge in [0.25, 0.3) is 0 Å². The number of hydrogen-bond acceptors (Lipinski definition) is 2. The van der Waals surface area contributed by atoms with Gasteiger partial charge in [0.05, 0.1) is 6.61 Å². The molecule has 20 heavy (non-hydrogen) atoms. The van der Waals surface area contributed by atoms with E-state index in [0.29, 0.717) is 12.7 Å². The highest BCUT2D eigenvalue weighted by molar-refractivity contribution is 5.33. The predicted octanol–water partition coefficient (Wildman–Crippen LogP) is 4.53. The van der Waals surface area contributed by atoms with Gasteiger partial charge < -0.3 is 9.47 Å². The Morgan fingerprint density at radius 1 is 1.20 bits per heavy atom. The average Bonchev–Trinajstić information content (AvgIpc) is 3.29. The van der Waals surface area contributed by atoms with Crippen LogP contribution in [0.3, 0.4) is 0 Å². The summed E-state index contributed by atoms with van der Waals surface area (Å²) < 4.78 is 11.0. The fourth-order valence-corrected chi connectivity index (χ4v) is 2.18. The smallest absolute Gasteiger partial charge is 0.122 e. The van der Waals surface area contributed by atoms with Crippen molar-refractivity contribution in [2.24, 2.45) is 0 Å². The molecule has 1 aliphatic rings. The first-order valence-electron chi connectivity index (χ1n) is 7.87. The zero-order chi connectivity index (χ0) is 14.0. The number of ether oxygens (including phenoxy) is 2. The van der Waals surface area contributed by atoms with Gasteiger partial charge >= 0.3 is 0 Å². The van der Waals surface area contributed by atoms with E-state index in [0.717, 1.165) is 18.8 Å². The lowest BCUT2D eigenvalue weighted by molar-refractivity contribution is 0.261. The maximum atomic E-state index is 5.83. The summed E-state index contributed by atoms with van der Waals surface area (Å²) in [4.78, 5) is 0. The van der Waals surface area contributed by atoms with Gasteiger partial charge in [0.15, 0.2) is 0 Å². The second kappa shape index (κ2) is 8.80. The summed E-state index contributed by atoms with van der Waals surface area (Å²) in [5.74, 6) is 1.03. The minimum Gasteiger partial charge on any atom is -0.491 e. The van der Waals surface area contributed by atoms with Crippen molar-refractivity contribution in [3.8, 4) is 5.75 Å². The minimum atomic E-state index is 0.326. The van der Waals surface area contributed by atoms with Gasteiger partial charge in [0.2, 0.25) is 0 Å². The molecule has 1 fully saturated rings. The van der Waals surface area contributed by atoms with Gasteiger partial charge in [-0.3, -0.25) is 0 Å². The lowest BCUT2D eigenvalue weighted by Gasteiger charge is -2.10. The highest BCUT2D eigenvalue weighted by atomic mass is 16.6. The summed E-state index contributed by atoms with van der Waals surface area (Å²) in [6.45, 7) is 3.76. The highest BCUT2D eigenvalue weighted by Gasteiger charge is 2.23. The molecule has 1 aromatic rings. The first-order chi connectivity index (χ1) is 9.90. The second-order valence-corrected chi connectivity index (χ2v) is 5.38. The van der Waals surface area contributed by atoms with Crippen molar-refractivity contribution in [2.45, 2.75) is 51.6 Å². The molecule has 2 heteroatoms. The van der Waals surface area contributed by atoms with Crippen LogP contribution in [0.25, 0.3) is 0 Å². The van der Waals surface area contributed by atoms with Crippen molar-refractivity contribution in [1.29, 1.82) is 0 Å². The van der Waals surface area contributed by atoms with Gasteiger partial charge in [0.1, 0.15) is 18.5 Å². The summed E-state index contributed by atoms with van der Waals surface area (Å²) in [7, 11) is 0. The number of unbranched alkanes of at least 4 members (excludes halogenated alkanes) is 3. The van der Waals surface area contributed by atoms with Crippen LogP contribution in [0, 0.1) is 0 Å². The quantitative estimate of drug-likeness (QED) is 0.355. The monoisotopic (exact) mass is 274 g/mol. The molecule has 1 saturated heterocycles. The van der Waals surface area contributed by atoms with Gasteiger partial charge in [-0.15, -0.1) is 0 Å². The summed E-state index contributed by atoms with van der Waals surface area (Å²) in [5, 5.41) is 0. The van der Waals surface area contributed by atoms with Crippen LogP contribution in [0.4, 0.5) is 0 Å². The minimum absolute atomic E-state index is 0.326. The van der Waals surface area contributed by atoms with Crippen LogP contribution >= 0.6 is 0 Å². The Balaban J connectivity index is 1.68. The van der Waals surface area contributed by atoms with Gasteiger partial charge in [-0.2, -0.15) is 0 Å². The summed E-state index contributed by atoms with van der Waals surface area (Å²) >= 11 is 0. The molecule has 0 bridgehead atoms. The molecule has 0 amide bonds. The van der Waals surface area contributed by atoms with Crippen molar-refractivity contribution in [3.63, 3.8) is 0 Å². The van der Waals surface area contributed by atoms with Crippen LogP contribution in [0.15, 0.2) is 36.4 Å². The lowest BCUT2D eigenvalue weighted by Crippen LogP contribution is -2.05. The Bertz CT molecular complexity index is 408. The van der Waals surface area contributed by atoms with E-state index in [2.05, 4.69) is 37.3 Å². The molecule has 0 aliphatic carbocycles. The summed E-state index contributed by atoms with van der Waals surface area (Å²) in [6.07, 6.45) is 12.2. The summed E-state index contributed by atoms with van der Waals surface area (Å²) in [6, 6.07) is 8.38. The van der Waals surface area contributed by atoms with Crippen LogP contribution in [-0.2, 0) is 11.2 Å². The van der Waals surface area contributed by atoms with E-state index < -0.39 is 0 Å². The molecule has 0 aromatic heterocycles. The first kappa shape index (κ1) is 15.1. The lowest BCUT2D eigenvalue weighted by atomic mass is 10.1. The molecule has 2 rings (SSSR count). The third-order valence-corrected chi connectivity index (χ3v) is 3.49. The zero-order valence-corrected chi connectivity index (χ0v) is 12.5. The Morgan fingerprint density at radius 2 is 2.00 bits per heavy atom. The van der Waals surface area contributed by atoms with Crippen molar-refractivity contribution in [2.75, 3.05) is 13.2 Å². The number of para-hydroxylation sites is 1. The molecular weight excluding hydrogens is 248 g/mol. The topological polar surface area (TPSA) is 21.8 Å². The highest BCUT2D eigenvalue weighted by Crippen LogP contribution is 2.22. The predicted molar refractivity (Wildman–Crippen MR) is 83.3 cm³/mol. The fraction of sp³-hybridized carbons (Fsp3) is 0.556. The standard InChI is InChI=1S/C18H26O2/c1-2-3-4-5-6-7-8-11-16-12-9-10-13-18(16)20-15-17-14-19-17/h4-5,9-10,12-13,17H,2-3,6-8,11,14-15H2,1H3/b5-4+. The van der Waals surface area contributed by atoms with Crippen LogP contribution in [0.5, 0.6) is 5.75 Å². The van der Waals surface area contributed by atoms with Gasteiger partial charge in [-0.1, -0.05) is 43.7 Å². The molecule has 1 unspecified atom stereocenters. The van der Waals surface area contributed by atoms with E-state index in [1.807, 2.05) is 6.07 Å². The molecule has 2 nitrogen and oxygen atoms in total. The Morgan fingerprint density at radius 3 is 2.80 bits per heavy atom. The molecule has 110 valence electrons. The number of hydrogen-bond donors (Lipinski definition) is 0. The number of rotatable bonds is 10. The Hall–Kier alpha value is -1.28. The fourth-order valence-electron chi connectivity index (χ4n) is 2.18. The number of allylic oxidation sites excluding steroid dienone is 2. The van der Waals surface area contributed by atoms with Gasteiger partial charge in [0, 0.05) is 0 Å². The van der Waals surface area contributed by atoms with Crippen LogP contribution in [-0.4, -0.2) is 19.3 Å².